The van der Waals surface area contributed by atoms with Crippen LogP contribution in [0.1, 0.15) is 29.7 Å². The summed E-state index contributed by atoms with van der Waals surface area (Å²) in [4.78, 5) is 14.7. The van der Waals surface area contributed by atoms with Crippen molar-refractivity contribution in [3.63, 3.8) is 0 Å². The first kappa shape index (κ1) is 15.3. The van der Waals surface area contributed by atoms with E-state index >= 15 is 0 Å². The minimum absolute atomic E-state index is 0.144. The molecule has 1 fully saturated rings. The predicted octanol–water partition coefficient (Wildman–Crippen LogP) is 3.03. The van der Waals surface area contributed by atoms with E-state index in [0.717, 1.165) is 31.6 Å². The highest BCUT2D eigenvalue weighted by atomic mass is 32.1. The van der Waals surface area contributed by atoms with Crippen LogP contribution in [0.3, 0.4) is 0 Å². The van der Waals surface area contributed by atoms with Crippen LogP contribution in [-0.4, -0.2) is 30.4 Å². The lowest BCUT2D eigenvalue weighted by molar-refractivity contribution is -0.133. The van der Waals surface area contributed by atoms with Crippen molar-refractivity contribution < 1.29 is 4.79 Å². The average molecular weight is 314 g/mol. The third kappa shape index (κ3) is 3.39. The highest BCUT2D eigenvalue weighted by molar-refractivity contribution is 7.07. The SMILES string of the molecule is CCc1ccc(C2CNCCN2C(=O)Cc2ccsc2)cc1. The molecule has 1 unspecified atom stereocenters. The van der Waals surface area contributed by atoms with Crippen LogP contribution >= 0.6 is 11.3 Å². The van der Waals surface area contributed by atoms with Gasteiger partial charge in [-0.2, -0.15) is 11.3 Å². The quantitative estimate of drug-likeness (QED) is 0.941. The third-order valence-electron chi connectivity index (χ3n) is 4.27. The zero-order valence-electron chi connectivity index (χ0n) is 12.9. The van der Waals surface area contributed by atoms with Crippen molar-refractivity contribution in [2.45, 2.75) is 25.8 Å². The number of carbonyl (C=O) groups excluding carboxylic acids is 1. The second-order valence-electron chi connectivity index (χ2n) is 5.71. The summed E-state index contributed by atoms with van der Waals surface area (Å²) in [7, 11) is 0. The molecule has 116 valence electrons. The maximum Gasteiger partial charge on any atom is 0.227 e. The Morgan fingerprint density at radius 2 is 2.09 bits per heavy atom. The van der Waals surface area contributed by atoms with Gasteiger partial charge in [0.15, 0.2) is 0 Å². The number of amides is 1. The molecule has 1 amide bonds. The van der Waals surface area contributed by atoms with Gasteiger partial charge in [0.05, 0.1) is 12.5 Å². The van der Waals surface area contributed by atoms with Crippen molar-refractivity contribution in [2.24, 2.45) is 0 Å². The Balaban J connectivity index is 1.76. The Bertz CT molecular complexity index is 607. The summed E-state index contributed by atoms with van der Waals surface area (Å²) in [6.45, 7) is 4.65. The highest BCUT2D eigenvalue weighted by Gasteiger charge is 2.27. The fraction of sp³-hybridized carbons (Fsp3) is 0.389. The lowest BCUT2D eigenvalue weighted by Gasteiger charge is -2.36. The monoisotopic (exact) mass is 314 g/mol. The molecule has 1 aromatic carbocycles. The number of rotatable bonds is 4. The van der Waals surface area contributed by atoms with E-state index in [1.807, 2.05) is 16.3 Å². The van der Waals surface area contributed by atoms with Crippen molar-refractivity contribution in [3.8, 4) is 0 Å². The molecular weight excluding hydrogens is 292 g/mol. The van der Waals surface area contributed by atoms with Crippen LogP contribution in [0.5, 0.6) is 0 Å². The highest BCUT2D eigenvalue weighted by Crippen LogP contribution is 2.24. The van der Waals surface area contributed by atoms with Gasteiger partial charge in [-0.3, -0.25) is 4.79 Å². The molecule has 2 aromatic rings. The number of hydrogen-bond acceptors (Lipinski definition) is 3. The van der Waals surface area contributed by atoms with E-state index in [1.165, 1.54) is 11.1 Å². The second kappa shape index (κ2) is 7.07. The predicted molar refractivity (Wildman–Crippen MR) is 91.2 cm³/mol. The second-order valence-corrected chi connectivity index (χ2v) is 6.49. The van der Waals surface area contributed by atoms with Gasteiger partial charge in [0, 0.05) is 19.6 Å². The van der Waals surface area contributed by atoms with E-state index in [0.29, 0.717) is 6.42 Å². The first-order valence-corrected chi connectivity index (χ1v) is 8.82. The first-order valence-electron chi connectivity index (χ1n) is 7.88. The molecule has 0 aliphatic carbocycles. The van der Waals surface area contributed by atoms with Gasteiger partial charge < -0.3 is 10.2 Å². The number of hydrogen-bond donors (Lipinski definition) is 1. The molecular formula is C18H22N2OS. The van der Waals surface area contributed by atoms with E-state index in [9.17, 15) is 4.79 Å². The van der Waals surface area contributed by atoms with Crippen molar-refractivity contribution in [1.29, 1.82) is 0 Å². The van der Waals surface area contributed by atoms with Gasteiger partial charge in [0.1, 0.15) is 0 Å². The molecule has 1 aliphatic heterocycles. The molecule has 3 nitrogen and oxygen atoms in total. The fourth-order valence-electron chi connectivity index (χ4n) is 2.95. The minimum atomic E-state index is 0.144. The Kier molecular flexibility index (Phi) is 4.90. The van der Waals surface area contributed by atoms with Gasteiger partial charge in [-0.25, -0.2) is 0 Å². The van der Waals surface area contributed by atoms with Crippen molar-refractivity contribution >= 4 is 17.2 Å². The van der Waals surface area contributed by atoms with Crippen LogP contribution in [0, 0.1) is 0 Å². The molecule has 1 N–H and O–H groups in total. The lowest BCUT2D eigenvalue weighted by atomic mass is 10.00. The fourth-order valence-corrected chi connectivity index (χ4v) is 3.61. The third-order valence-corrected chi connectivity index (χ3v) is 5.00. The van der Waals surface area contributed by atoms with Gasteiger partial charge in [0.25, 0.3) is 0 Å². The Morgan fingerprint density at radius 1 is 1.27 bits per heavy atom. The van der Waals surface area contributed by atoms with Crippen LogP contribution < -0.4 is 5.32 Å². The Morgan fingerprint density at radius 3 is 2.77 bits per heavy atom. The maximum absolute atomic E-state index is 12.7. The zero-order valence-corrected chi connectivity index (χ0v) is 13.7. The van der Waals surface area contributed by atoms with Crippen LogP contribution in [0.2, 0.25) is 0 Å². The van der Waals surface area contributed by atoms with Crippen LogP contribution in [0.25, 0.3) is 0 Å². The molecule has 1 aliphatic rings. The number of piperazine rings is 1. The maximum atomic E-state index is 12.7. The number of benzene rings is 1. The molecule has 0 saturated carbocycles. The number of carbonyl (C=O) groups is 1. The number of thiophene rings is 1. The Hall–Kier alpha value is -1.65. The van der Waals surface area contributed by atoms with Gasteiger partial charge in [-0.1, -0.05) is 31.2 Å². The van der Waals surface area contributed by atoms with Gasteiger partial charge in [0.2, 0.25) is 5.91 Å². The molecule has 1 atom stereocenters. The van der Waals surface area contributed by atoms with Gasteiger partial charge in [-0.05, 0) is 39.9 Å². The largest absolute Gasteiger partial charge is 0.333 e. The molecule has 4 heteroatoms. The summed E-state index contributed by atoms with van der Waals surface area (Å²) >= 11 is 1.65. The normalized spacial score (nSPS) is 18.4. The van der Waals surface area contributed by atoms with Crippen molar-refractivity contribution in [1.82, 2.24) is 10.2 Å². The molecule has 22 heavy (non-hydrogen) atoms. The summed E-state index contributed by atoms with van der Waals surface area (Å²) in [5, 5.41) is 7.50. The minimum Gasteiger partial charge on any atom is -0.333 e. The standard InChI is InChI=1S/C18H22N2OS/c1-2-14-3-5-16(6-4-14)17-12-19-8-9-20(17)18(21)11-15-7-10-22-13-15/h3-7,10,13,17,19H,2,8-9,11-12H2,1H3. The van der Waals surface area contributed by atoms with Crippen LogP contribution in [0.4, 0.5) is 0 Å². The molecule has 1 aromatic heterocycles. The summed E-state index contributed by atoms with van der Waals surface area (Å²) in [5.41, 5.74) is 3.68. The van der Waals surface area contributed by atoms with E-state index in [1.54, 1.807) is 11.3 Å². The molecule has 3 rings (SSSR count). The topological polar surface area (TPSA) is 32.3 Å². The summed E-state index contributed by atoms with van der Waals surface area (Å²) in [6.07, 6.45) is 1.55. The molecule has 0 bridgehead atoms. The number of nitrogens with zero attached hydrogens (tertiary/aromatic N) is 1. The zero-order chi connectivity index (χ0) is 15.4. The number of nitrogens with one attached hydrogen (secondary N) is 1. The van der Waals surface area contributed by atoms with Crippen LogP contribution in [0.15, 0.2) is 41.1 Å². The number of aryl methyl sites for hydroxylation is 1. The van der Waals surface area contributed by atoms with E-state index in [4.69, 9.17) is 0 Å². The summed E-state index contributed by atoms with van der Waals surface area (Å²) in [6, 6.07) is 10.9. The molecule has 1 saturated heterocycles. The summed E-state index contributed by atoms with van der Waals surface area (Å²) < 4.78 is 0. The first-order chi connectivity index (χ1) is 10.8. The van der Waals surface area contributed by atoms with Gasteiger partial charge in [-0.15, -0.1) is 0 Å². The molecule has 0 radical (unpaired) electrons. The smallest absolute Gasteiger partial charge is 0.227 e. The lowest BCUT2D eigenvalue weighted by Crippen LogP contribution is -2.49. The van der Waals surface area contributed by atoms with Gasteiger partial charge >= 0.3 is 0 Å². The Labute approximate surface area is 136 Å². The van der Waals surface area contributed by atoms with E-state index in [2.05, 4.69) is 41.9 Å². The van der Waals surface area contributed by atoms with Crippen LogP contribution in [-0.2, 0) is 17.6 Å². The van der Waals surface area contributed by atoms with E-state index in [-0.39, 0.29) is 11.9 Å². The van der Waals surface area contributed by atoms with Crippen molar-refractivity contribution in [3.05, 3.63) is 57.8 Å². The van der Waals surface area contributed by atoms with Crippen molar-refractivity contribution in [2.75, 3.05) is 19.6 Å². The average Bonchev–Trinajstić information content (AvgIpc) is 3.08. The van der Waals surface area contributed by atoms with E-state index < -0.39 is 0 Å². The molecule has 2 heterocycles. The molecule has 0 spiro atoms. The summed E-state index contributed by atoms with van der Waals surface area (Å²) in [5.74, 6) is 0.226.